The van der Waals surface area contributed by atoms with Crippen LogP contribution in [0, 0.1) is 5.82 Å². The Morgan fingerprint density at radius 1 is 1.08 bits per heavy atom. The molecule has 7 nitrogen and oxygen atoms in total. The van der Waals surface area contributed by atoms with E-state index < -0.39 is 29.3 Å². The number of hydrogen-bond donors (Lipinski definition) is 3. The molecular weight excluding hydrogens is 329 g/mol. The van der Waals surface area contributed by atoms with Crippen LogP contribution < -0.4 is 10.6 Å². The molecule has 1 fully saturated rings. The Morgan fingerprint density at radius 2 is 1.80 bits per heavy atom. The van der Waals surface area contributed by atoms with Crippen LogP contribution in [-0.4, -0.2) is 27.9 Å². The van der Waals surface area contributed by atoms with Crippen molar-refractivity contribution in [1.29, 1.82) is 0 Å². The highest BCUT2D eigenvalue weighted by Gasteiger charge is 2.56. The van der Waals surface area contributed by atoms with Crippen LogP contribution in [0.2, 0.25) is 0 Å². The Labute approximate surface area is 141 Å². The van der Waals surface area contributed by atoms with E-state index in [0.29, 0.717) is 5.56 Å². The Balaban J connectivity index is 1.86. The summed E-state index contributed by atoms with van der Waals surface area (Å²) in [5.74, 6) is -1.84. The van der Waals surface area contributed by atoms with Gasteiger partial charge in [-0.15, -0.1) is 0 Å². The third kappa shape index (κ3) is 2.07. The van der Waals surface area contributed by atoms with Gasteiger partial charge in [0.05, 0.1) is 0 Å². The van der Waals surface area contributed by atoms with E-state index in [-0.39, 0.29) is 23.4 Å². The van der Waals surface area contributed by atoms with Crippen LogP contribution in [0.25, 0.3) is 0 Å². The second kappa shape index (κ2) is 5.04. The number of benzene rings is 2. The number of amides is 4. The quantitative estimate of drug-likeness (QED) is 0.714. The summed E-state index contributed by atoms with van der Waals surface area (Å²) in [5.41, 5.74) is -0.674. The Kier molecular flexibility index (Phi) is 3.05. The third-order valence-corrected chi connectivity index (χ3v) is 4.41. The Hall–Kier alpha value is -3.42. The molecule has 25 heavy (non-hydrogen) atoms. The monoisotopic (exact) mass is 341 g/mol. The van der Waals surface area contributed by atoms with Crippen LogP contribution in [0.4, 0.5) is 9.18 Å². The molecule has 1 saturated heterocycles. The summed E-state index contributed by atoms with van der Waals surface area (Å²) in [7, 11) is 0. The molecule has 2 aromatic carbocycles. The number of imide groups is 1. The second-order valence-electron chi connectivity index (χ2n) is 5.86. The topological polar surface area (TPSA) is 98.7 Å². The second-order valence-corrected chi connectivity index (χ2v) is 5.86. The van der Waals surface area contributed by atoms with E-state index in [9.17, 15) is 23.9 Å². The van der Waals surface area contributed by atoms with Crippen LogP contribution in [0.3, 0.4) is 0 Å². The predicted molar refractivity (Wildman–Crippen MR) is 82.7 cm³/mol. The van der Waals surface area contributed by atoms with E-state index in [0.717, 1.165) is 12.1 Å². The number of aromatic hydroxyl groups is 1. The van der Waals surface area contributed by atoms with Crippen molar-refractivity contribution < 1.29 is 23.9 Å². The number of rotatable bonds is 2. The number of phenols is 1. The summed E-state index contributed by atoms with van der Waals surface area (Å²) < 4.78 is 13.3. The zero-order valence-electron chi connectivity index (χ0n) is 12.7. The third-order valence-electron chi connectivity index (χ3n) is 4.41. The number of urea groups is 1. The van der Waals surface area contributed by atoms with Gasteiger partial charge in [-0.25, -0.2) is 9.18 Å². The fraction of sp³-hybridized carbons (Fsp3) is 0.118. The lowest BCUT2D eigenvalue weighted by atomic mass is 9.97. The van der Waals surface area contributed by atoms with E-state index in [1.165, 1.54) is 29.2 Å². The lowest BCUT2D eigenvalue weighted by Crippen LogP contribution is -2.58. The fourth-order valence-electron chi connectivity index (χ4n) is 3.25. The molecule has 0 bridgehead atoms. The standard InChI is InChI=1S/C17H12FN3O4/c18-11-4-2-10(3-5-11)17(15(24)19-16(25)20-17)21-8-9-1-6-12(22)7-13(9)14(21)23/h1-7,22H,8H2,(H2,19,20,24,25)/t17-/m1/s1. The molecule has 0 aromatic heterocycles. The number of nitrogens with zero attached hydrogens (tertiary/aromatic N) is 1. The molecule has 2 heterocycles. The van der Waals surface area contributed by atoms with Crippen LogP contribution in [-0.2, 0) is 17.0 Å². The van der Waals surface area contributed by atoms with E-state index in [1.54, 1.807) is 6.07 Å². The van der Waals surface area contributed by atoms with Gasteiger partial charge in [-0.1, -0.05) is 18.2 Å². The molecule has 0 spiro atoms. The van der Waals surface area contributed by atoms with E-state index in [2.05, 4.69) is 10.6 Å². The summed E-state index contributed by atoms with van der Waals surface area (Å²) in [4.78, 5) is 38.5. The SMILES string of the molecule is O=C1NC(=O)[C@@](c2ccc(F)cc2)(N2Cc3ccc(O)cc3C2=O)N1. The fourth-order valence-corrected chi connectivity index (χ4v) is 3.25. The molecule has 2 aromatic rings. The highest BCUT2D eigenvalue weighted by atomic mass is 19.1. The minimum atomic E-state index is -1.78. The molecule has 2 aliphatic heterocycles. The zero-order valence-corrected chi connectivity index (χ0v) is 12.7. The number of hydrogen-bond acceptors (Lipinski definition) is 4. The molecule has 1 atom stereocenters. The van der Waals surface area contributed by atoms with Crippen LogP contribution in [0.1, 0.15) is 21.5 Å². The molecular formula is C17H12FN3O4. The van der Waals surface area contributed by atoms with E-state index in [4.69, 9.17) is 0 Å². The smallest absolute Gasteiger partial charge is 0.324 e. The van der Waals surface area contributed by atoms with Gasteiger partial charge in [0.1, 0.15) is 11.6 Å². The van der Waals surface area contributed by atoms with E-state index in [1.807, 2.05) is 0 Å². The first-order chi connectivity index (χ1) is 11.9. The number of nitrogens with one attached hydrogen (secondary N) is 2. The lowest BCUT2D eigenvalue weighted by Gasteiger charge is -2.35. The summed E-state index contributed by atoms with van der Waals surface area (Å²) in [6.07, 6.45) is 0. The van der Waals surface area contributed by atoms with Crippen molar-refractivity contribution in [3.8, 4) is 5.75 Å². The van der Waals surface area contributed by atoms with Gasteiger partial charge >= 0.3 is 6.03 Å². The number of halogens is 1. The van der Waals surface area contributed by atoms with Crippen molar-refractivity contribution >= 4 is 17.8 Å². The number of fused-ring (bicyclic) bond motifs is 1. The molecule has 8 heteroatoms. The molecule has 126 valence electrons. The first kappa shape index (κ1) is 15.1. The molecule has 0 aliphatic carbocycles. The summed E-state index contributed by atoms with van der Waals surface area (Å²) in [6.45, 7) is 0.0551. The van der Waals surface area contributed by atoms with Gasteiger partial charge in [0.2, 0.25) is 5.66 Å². The minimum absolute atomic E-state index is 0.0551. The lowest BCUT2D eigenvalue weighted by molar-refractivity contribution is -0.130. The zero-order chi connectivity index (χ0) is 17.8. The first-order valence-corrected chi connectivity index (χ1v) is 7.45. The average Bonchev–Trinajstić information content (AvgIpc) is 3.06. The van der Waals surface area contributed by atoms with Gasteiger partial charge < -0.3 is 10.4 Å². The van der Waals surface area contributed by atoms with Gasteiger partial charge in [-0.05, 0) is 29.8 Å². The Bertz CT molecular complexity index is 928. The number of carbonyl (C=O) groups is 3. The largest absolute Gasteiger partial charge is 0.508 e. The van der Waals surface area contributed by atoms with Gasteiger partial charge in [-0.3, -0.25) is 19.8 Å². The normalized spacial score (nSPS) is 22.0. The molecule has 4 amide bonds. The van der Waals surface area contributed by atoms with Crippen molar-refractivity contribution in [2.45, 2.75) is 12.2 Å². The van der Waals surface area contributed by atoms with Crippen LogP contribution in [0.5, 0.6) is 5.75 Å². The summed E-state index contributed by atoms with van der Waals surface area (Å²) in [6, 6.07) is 8.56. The van der Waals surface area contributed by atoms with Crippen molar-refractivity contribution in [1.82, 2.24) is 15.5 Å². The van der Waals surface area contributed by atoms with Gasteiger partial charge in [0.25, 0.3) is 11.8 Å². The molecule has 0 radical (unpaired) electrons. The van der Waals surface area contributed by atoms with Gasteiger partial charge in [-0.2, -0.15) is 0 Å². The summed E-state index contributed by atoms with van der Waals surface area (Å²) >= 11 is 0. The van der Waals surface area contributed by atoms with Crippen molar-refractivity contribution in [3.05, 3.63) is 65.0 Å². The van der Waals surface area contributed by atoms with Crippen molar-refractivity contribution in [2.75, 3.05) is 0 Å². The molecule has 0 unspecified atom stereocenters. The van der Waals surface area contributed by atoms with Crippen molar-refractivity contribution in [2.24, 2.45) is 0 Å². The highest BCUT2D eigenvalue weighted by Crippen LogP contribution is 2.37. The molecule has 4 rings (SSSR count). The molecule has 3 N–H and O–H groups in total. The molecule has 2 aliphatic rings. The maximum Gasteiger partial charge on any atom is 0.324 e. The summed E-state index contributed by atoms with van der Waals surface area (Å²) in [5, 5.41) is 14.2. The van der Waals surface area contributed by atoms with Gasteiger partial charge in [0.15, 0.2) is 0 Å². The predicted octanol–water partition coefficient (Wildman–Crippen LogP) is 1.18. The van der Waals surface area contributed by atoms with E-state index >= 15 is 0 Å². The average molecular weight is 341 g/mol. The minimum Gasteiger partial charge on any atom is -0.508 e. The van der Waals surface area contributed by atoms with Crippen LogP contribution >= 0.6 is 0 Å². The van der Waals surface area contributed by atoms with Crippen molar-refractivity contribution in [3.63, 3.8) is 0 Å². The highest BCUT2D eigenvalue weighted by molar-refractivity contribution is 6.11. The number of carbonyl (C=O) groups excluding carboxylic acids is 3. The number of phenolic OH excluding ortho intramolecular Hbond substituents is 1. The maximum absolute atomic E-state index is 13.3. The Morgan fingerprint density at radius 3 is 2.44 bits per heavy atom. The maximum atomic E-state index is 13.3. The molecule has 0 saturated carbocycles. The van der Waals surface area contributed by atoms with Crippen LogP contribution in [0.15, 0.2) is 42.5 Å². The van der Waals surface area contributed by atoms with Gasteiger partial charge in [0, 0.05) is 17.7 Å². The first-order valence-electron chi connectivity index (χ1n) is 7.45.